The van der Waals surface area contributed by atoms with E-state index in [0.29, 0.717) is 6.54 Å². The second-order valence-corrected chi connectivity index (χ2v) is 5.21. The second kappa shape index (κ2) is 5.53. The molecule has 0 radical (unpaired) electrons. The molecular formula is C12H23NO3. The van der Waals surface area contributed by atoms with Gasteiger partial charge in [0.2, 0.25) is 0 Å². The first-order valence-corrected chi connectivity index (χ1v) is 6.02. The highest BCUT2D eigenvalue weighted by Gasteiger charge is 2.29. The molecule has 0 aliphatic carbocycles. The molecule has 1 aliphatic rings. The van der Waals surface area contributed by atoms with Gasteiger partial charge in [-0.3, -0.25) is 0 Å². The summed E-state index contributed by atoms with van der Waals surface area (Å²) in [6.45, 7) is 9.90. The number of nitrogens with zero attached hydrogens (tertiary/aromatic N) is 1. The molecule has 0 aromatic carbocycles. The molecule has 0 saturated carbocycles. The van der Waals surface area contributed by atoms with Crippen LogP contribution >= 0.6 is 0 Å². The smallest absolute Gasteiger partial charge is 0.410 e. The van der Waals surface area contributed by atoms with Gasteiger partial charge in [0.05, 0.1) is 12.6 Å². The first-order valence-electron chi connectivity index (χ1n) is 6.02. The number of amides is 1. The first-order chi connectivity index (χ1) is 7.42. The number of carbonyl (C=O) groups is 1. The molecule has 1 fully saturated rings. The van der Waals surface area contributed by atoms with Gasteiger partial charge in [0.25, 0.3) is 0 Å². The quantitative estimate of drug-likeness (QED) is 0.746. The minimum atomic E-state index is -0.417. The van der Waals surface area contributed by atoms with E-state index in [2.05, 4.69) is 6.92 Å². The molecule has 0 N–H and O–H groups in total. The topological polar surface area (TPSA) is 38.8 Å². The Morgan fingerprint density at radius 3 is 2.69 bits per heavy atom. The molecule has 1 amide bonds. The Morgan fingerprint density at radius 1 is 1.44 bits per heavy atom. The lowest BCUT2D eigenvalue weighted by atomic mass is 10.2. The molecule has 16 heavy (non-hydrogen) atoms. The van der Waals surface area contributed by atoms with E-state index in [1.54, 1.807) is 4.90 Å². The summed E-state index contributed by atoms with van der Waals surface area (Å²) in [5, 5.41) is 0. The Hall–Kier alpha value is -0.770. The molecule has 1 aliphatic heterocycles. The number of carbonyl (C=O) groups excluding carboxylic acids is 1. The van der Waals surface area contributed by atoms with Crippen LogP contribution in [0.25, 0.3) is 0 Å². The fraction of sp³-hybridized carbons (Fsp3) is 0.917. The van der Waals surface area contributed by atoms with Crippen LogP contribution in [0.4, 0.5) is 4.79 Å². The van der Waals surface area contributed by atoms with Gasteiger partial charge in [-0.25, -0.2) is 4.79 Å². The Balaban J connectivity index is 2.32. The maximum Gasteiger partial charge on any atom is 0.410 e. The van der Waals surface area contributed by atoms with Crippen molar-refractivity contribution in [3.05, 3.63) is 0 Å². The van der Waals surface area contributed by atoms with Gasteiger partial charge in [-0.15, -0.1) is 0 Å². The second-order valence-electron chi connectivity index (χ2n) is 5.21. The number of hydrogen-bond acceptors (Lipinski definition) is 3. The Morgan fingerprint density at radius 2 is 2.12 bits per heavy atom. The molecule has 1 atom stereocenters. The van der Waals surface area contributed by atoms with Crippen LogP contribution in [-0.4, -0.2) is 42.4 Å². The van der Waals surface area contributed by atoms with Gasteiger partial charge < -0.3 is 14.4 Å². The largest absolute Gasteiger partial charge is 0.444 e. The van der Waals surface area contributed by atoms with Crippen LogP contribution in [0.3, 0.4) is 0 Å². The predicted molar refractivity (Wildman–Crippen MR) is 62.5 cm³/mol. The lowest BCUT2D eigenvalue weighted by molar-refractivity contribution is 0.0211. The molecule has 94 valence electrons. The van der Waals surface area contributed by atoms with Crippen molar-refractivity contribution in [2.45, 2.75) is 52.2 Å². The summed E-state index contributed by atoms with van der Waals surface area (Å²) in [7, 11) is 0. The van der Waals surface area contributed by atoms with E-state index in [1.807, 2.05) is 20.8 Å². The fourth-order valence-electron chi connectivity index (χ4n) is 1.64. The van der Waals surface area contributed by atoms with Crippen LogP contribution in [0.15, 0.2) is 0 Å². The highest BCUT2D eigenvalue weighted by molar-refractivity contribution is 5.68. The lowest BCUT2D eigenvalue weighted by Crippen LogP contribution is -2.36. The van der Waals surface area contributed by atoms with Gasteiger partial charge >= 0.3 is 6.09 Å². The van der Waals surface area contributed by atoms with E-state index >= 15 is 0 Å². The Kier molecular flexibility index (Phi) is 4.59. The van der Waals surface area contributed by atoms with Crippen molar-refractivity contribution in [3.63, 3.8) is 0 Å². The summed E-state index contributed by atoms with van der Waals surface area (Å²) < 4.78 is 10.9. The van der Waals surface area contributed by atoms with E-state index in [-0.39, 0.29) is 12.2 Å². The summed E-state index contributed by atoms with van der Waals surface area (Å²) in [5.41, 5.74) is -0.417. The number of hydrogen-bond donors (Lipinski definition) is 0. The average Bonchev–Trinajstić information content (AvgIpc) is 2.60. The van der Waals surface area contributed by atoms with Crippen LogP contribution in [0.2, 0.25) is 0 Å². The van der Waals surface area contributed by atoms with Crippen molar-refractivity contribution in [2.24, 2.45) is 0 Å². The SMILES string of the molecule is CCCO[C@H]1CCN(C(=O)OC(C)(C)C)C1. The zero-order valence-electron chi connectivity index (χ0n) is 10.8. The van der Waals surface area contributed by atoms with Crippen molar-refractivity contribution in [1.82, 2.24) is 4.90 Å². The zero-order chi connectivity index (χ0) is 12.2. The van der Waals surface area contributed by atoms with Crippen LogP contribution in [-0.2, 0) is 9.47 Å². The third kappa shape index (κ3) is 4.39. The summed E-state index contributed by atoms with van der Waals surface area (Å²) >= 11 is 0. The standard InChI is InChI=1S/C12H23NO3/c1-5-8-15-10-6-7-13(9-10)11(14)16-12(2,3)4/h10H,5-9H2,1-4H3/t10-/m0/s1. The first kappa shape index (κ1) is 13.3. The van der Waals surface area contributed by atoms with Crippen LogP contribution in [0.5, 0.6) is 0 Å². The van der Waals surface area contributed by atoms with Crippen molar-refractivity contribution >= 4 is 6.09 Å². The highest BCUT2D eigenvalue weighted by Crippen LogP contribution is 2.17. The normalized spacial score (nSPS) is 21.2. The van der Waals surface area contributed by atoms with Gasteiger partial charge in [-0.05, 0) is 33.6 Å². The maximum atomic E-state index is 11.7. The minimum absolute atomic E-state index is 0.187. The van der Waals surface area contributed by atoms with Gasteiger partial charge in [0.15, 0.2) is 0 Å². The van der Waals surface area contributed by atoms with Crippen molar-refractivity contribution < 1.29 is 14.3 Å². The molecule has 4 heteroatoms. The minimum Gasteiger partial charge on any atom is -0.444 e. The van der Waals surface area contributed by atoms with Gasteiger partial charge in [-0.2, -0.15) is 0 Å². The molecule has 1 heterocycles. The number of ether oxygens (including phenoxy) is 2. The van der Waals surface area contributed by atoms with E-state index in [9.17, 15) is 4.79 Å². The summed E-state index contributed by atoms with van der Waals surface area (Å²) in [4.78, 5) is 13.5. The summed E-state index contributed by atoms with van der Waals surface area (Å²) in [6.07, 6.45) is 1.89. The lowest BCUT2D eigenvalue weighted by Gasteiger charge is -2.24. The molecule has 0 bridgehead atoms. The van der Waals surface area contributed by atoms with Crippen molar-refractivity contribution in [3.8, 4) is 0 Å². The van der Waals surface area contributed by atoms with Crippen LogP contribution in [0, 0.1) is 0 Å². The Bertz CT molecular complexity index is 235. The van der Waals surface area contributed by atoms with Gasteiger partial charge in [0.1, 0.15) is 5.60 Å². The van der Waals surface area contributed by atoms with E-state index in [1.165, 1.54) is 0 Å². The number of likely N-dealkylation sites (tertiary alicyclic amines) is 1. The van der Waals surface area contributed by atoms with E-state index < -0.39 is 5.60 Å². The third-order valence-corrected chi connectivity index (χ3v) is 2.35. The third-order valence-electron chi connectivity index (χ3n) is 2.35. The molecule has 1 saturated heterocycles. The molecule has 4 nitrogen and oxygen atoms in total. The number of rotatable bonds is 3. The zero-order valence-corrected chi connectivity index (χ0v) is 10.8. The van der Waals surface area contributed by atoms with Gasteiger partial charge in [0, 0.05) is 13.2 Å². The van der Waals surface area contributed by atoms with Gasteiger partial charge in [-0.1, -0.05) is 6.92 Å². The Labute approximate surface area is 97.9 Å². The van der Waals surface area contributed by atoms with E-state index in [4.69, 9.17) is 9.47 Å². The van der Waals surface area contributed by atoms with Crippen molar-refractivity contribution in [2.75, 3.05) is 19.7 Å². The predicted octanol–water partition coefficient (Wildman–Crippen LogP) is 2.42. The molecule has 0 spiro atoms. The van der Waals surface area contributed by atoms with Crippen LogP contribution < -0.4 is 0 Å². The van der Waals surface area contributed by atoms with Crippen LogP contribution in [0.1, 0.15) is 40.5 Å². The average molecular weight is 229 g/mol. The molecule has 0 aromatic rings. The molecule has 1 rings (SSSR count). The fourth-order valence-corrected chi connectivity index (χ4v) is 1.64. The summed E-state index contributed by atoms with van der Waals surface area (Å²) in [6, 6.07) is 0. The van der Waals surface area contributed by atoms with Crippen molar-refractivity contribution in [1.29, 1.82) is 0 Å². The van der Waals surface area contributed by atoms with E-state index in [0.717, 1.165) is 26.0 Å². The molecule has 0 unspecified atom stereocenters. The monoisotopic (exact) mass is 229 g/mol. The molecule has 0 aromatic heterocycles. The summed E-state index contributed by atoms with van der Waals surface area (Å²) in [5.74, 6) is 0. The maximum absolute atomic E-state index is 11.7. The molecular weight excluding hydrogens is 206 g/mol. The highest BCUT2D eigenvalue weighted by atomic mass is 16.6.